The van der Waals surface area contributed by atoms with Crippen molar-refractivity contribution in [2.24, 2.45) is 0 Å². The summed E-state index contributed by atoms with van der Waals surface area (Å²) in [6.45, 7) is 4.40. The second-order valence-electron chi connectivity index (χ2n) is 4.90. The Morgan fingerprint density at radius 1 is 1.25 bits per heavy atom. The summed E-state index contributed by atoms with van der Waals surface area (Å²) >= 11 is 3.29. The molecule has 0 amide bonds. The van der Waals surface area contributed by atoms with E-state index in [1.165, 1.54) is 0 Å². The molecule has 2 aromatic rings. The lowest BCUT2D eigenvalue weighted by Gasteiger charge is -2.15. The zero-order chi connectivity index (χ0) is 14.7. The molecule has 2 rings (SSSR count). The lowest BCUT2D eigenvalue weighted by molar-refractivity contribution is 0.471. The average molecular weight is 338 g/mol. The lowest BCUT2D eigenvalue weighted by atomic mass is 10.1. The maximum atomic E-state index is 13.5. The fraction of sp³-hybridized carbons (Fsp3) is 0.250. The molecule has 2 aromatic carbocycles. The number of aromatic hydroxyl groups is 1. The molecule has 0 aliphatic heterocycles. The van der Waals surface area contributed by atoms with Crippen molar-refractivity contribution in [2.45, 2.75) is 26.4 Å². The topological polar surface area (TPSA) is 32.3 Å². The van der Waals surface area contributed by atoms with Crippen molar-refractivity contribution in [3.8, 4) is 5.75 Å². The van der Waals surface area contributed by atoms with Gasteiger partial charge in [0.15, 0.2) is 0 Å². The van der Waals surface area contributed by atoms with Crippen molar-refractivity contribution in [3.63, 3.8) is 0 Å². The van der Waals surface area contributed by atoms with Crippen molar-refractivity contribution >= 4 is 15.9 Å². The van der Waals surface area contributed by atoms with Gasteiger partial charge < -0.3 is 10.4 Å². The number of phenolic OH excluding ortho intramolecular Hbond substituents is 1. The Hall–Kier alpha value is -1.39. The number of halogens is 2. The van der Waals surface area contributed by atoms with E-state index in [0.29, 0.717) is 16.6 Å². The second kappa shape index (κ2) is 6.37. The maximum absolute atomic E-state index is 13.5. The third kappa shape index (κ3) is 3.58. The summed E-state index contributed by atoms with van der Waals surface area (Å²) in [6.07, 6.45) is 0. The highest BCUT2D eigenvalue weighted by Crippen LogP contribution is 2.24. The highest BCUT2D eigenvalue weighted by atomic mass is 79.9. The van der Waals surface area contributed by atoms with Crippen LogP contribution < -0.4 is 5.32 Å². The predicted molar refractivity (Wildman–Crippen MR) is 82.2 cm³/mol. The third-order valence-electron chi connectivity index (χ3n) is 3.32. The molecule has 0 saturated carbocycles. The van der Waals surface area contributed by atoms with E-state index in [-0.39, 0.29) is 17.6 Å². The summed E-state index contributed by atoms with van der Waals surface area (Å²) < 4.78 is 14.2. The zero-order valence-electron chi connectivity index (χ0n) is 11.5. The van der Waals surface area contributed by atoms with E-state index in [4.69, 9.17) is 0 Å². The van der Waals surface area contributed by atoms with E-state index in [9.17, 15) is 9.50 Å². The first-order chi connectivity index (χ1) is 9.47. The van der Waals surface area contributed by atoms with Crippen LogP contribution in [0.3, 0.4) is 0 Å². The normalized spacial score (nSPS) is 12.4. The van der Waals surface area contributed by atoms with E-state index >= 15 is 0 Å². The quantitative estimate of drug-likeness (QED) is 0.863. The van der Waals surface area contributed by atoms with Crippen molar-refractivity contribution in [3.05, 3.63) is 63.4 Å². The molecule has 0 aromatic heterocycles. The van der Waals surface area contributed by atoms with Crippen molar-refractivity contribution in [1.29, 1.82) is 0 Å². The minimum Gasteiger partial charge on any atom is -0.507 e. The zero-order valence-corrected chi connectivity index (χ0v) is 13.0. The van der Waals surface area contributed by atoms with Crippen LogP contribution >= 0.6 is 15.9 Å². The van der Waals surface area contributed by atoms with Crippen molar-refractivity contribution in [2.75, 3.05) is 0 Å². The van der Waals surface area contributed by atoms with Crippen LogP contribution in [0.4, 0.5) is 4.39 Å². The van der Waals surface area contributed by atoms with E-state index in [0.717, 1.165) is 11.1 Å². The van der Waals surface area contributed by atoms with Gasteiger partial charge in [0, 0.05) is 12.6 Å². The van der Waals surface area contributed by atoms with Crippen LogP contribution in [0, 0.1) is 12.7 Å². The first-order valence-corrected chi connectivity index (χ1v) is 7.23. The molecule has 0 fully saturated rings. The Labute approximate surface area is 126 Å². The minimum atomic E-state index is -0.177. The molecule has 0 aliphatic carbocycles. The number of phenols is 1. The number of nitrogens with one attached hydrogen (secondary N) is 1. The monoisotopic (exact) mass is 337 g/mol. The first kappa shape index (κ1) is 15.0. The minimum absolute atomic E-state index is 0.0534. The second-order valence-corrected chi connectivity index (χ2v) is 5.75. The van der Waals surface area contributed by atoms with E-state index in [1.807, 2.05) is 25.1 Å². The van der Waals surface area contributed by atoms with Gasteiger partial charge in [-0.25, -0.2) is 4.39 Å². The maximum Gasteiger partial charge on any atom is 0.129 e. The Morgan fingerprint density at radius 2 is 2.00 bits per heavy atom. The molecule has 106 valence electrons. The SMILES string of the molecule is Cc1ccc(C(C)NCc2ccc(O)c(Br)c2)cc1F. The van der Waals surface area contributed by atoms with Gasteiger partial charge in [0.1, 0.15) is 11.6 Å². The Kier molecular flexibility index (Phi) is 4.78. The molecule has 0 spiro atoms. The molecule has 0 saturated heterocycles. The molecule has 4 heteroatoms. The smallest absolute Gasteiger partial charge is 0.129 e. The van der Waals surface area contributed by atoms with E-state index in [1.54, 1.807) is 25.1 Å². The Balaban J connectivity index is 2.02. The lowest BCUT2D eigenvalue weighted by Crippen LogP contribution is -2.18. The van der Waals surface area contributed by atoms with E-state index in [2.05, 4.69) is 21.2 Å². The summed E-state index contributed by atoms with van der Waals surface area (Å²) in [4.78, 5) is 0. The Morgan fingerprint density at radius 3 is 2.65 bits per heavy atom. The predicted octanol–water partition coefficient (Wildman–Crippen LogP) is 4.45. The van der Waals surface area contributed by atoms with Crippen LogP contribution in [-0.2, 0) is 6.54 Å². The molecule has 0 aliphatic rings. The Bertz CT molecular complexity index is 615. The van der Waals surface area contributed by atoms with E-state index < -0.39 is 0 Å². The van der Waals surface area contributed by atoms with Crippen molar-refractivity contribution < 1.29 is 9.50 Å². The number of hydrogen-bond acceptors (Lipinski definition) is 2. The highest BCUT2D eigenvalue weighted by molar-refractivity contribution is 9.10. The number of hydrogen-bond donors (Lipinski definition) is 2. The molecule has 0 radical (unpaired) electrons. The van der Waals surface area contributed by atoms with Crippen LogP contribution in [0.2, 0.25) is 0 Å². The molecule has 1 unspecified atom stereocenters. The van der Waals surface area contributed by atoms with Gasteiger partial charge >= 0.3 is 0 Å². The van der Waals surface area contributed by atoms with Gasteiger partial charge in [-0.15, -0.1) is 0 Å². The molecule has 2 nitrogen and oxygen atoms in total. The summed E-state index contributed by atoms with van der Waals surface area (Å²) in [5.74, 6) is 0.0472. The van der Waals surface area contributed by atoms with Gasteiger partial charge in [0.2, 0.25) is 0 Å². The van der Waals surface area contributed by atoms with Gasteiger partial charge in [-0.1, -0.05) is 18.2 Å². The summed E-state index contributed by atoms with van der Waals surface area (Å²) in [6, 6.07) is 10.7. The molecule has 1 atom stereocenters. The van der Waals surface area contributed by atoms with Gasteiger partial charge in [-0.3, -0.25) is 0 Å². The summed E-state index contributed by atoms with van der Waals surface area (Å²) in [5, 5.41) is 12.8. The highest BCUT2D eigenvalue weighted by Gasteiger charge is 2.08. The molecule has 0 bridgehead atoms. The first-order valence-electron chi connectivity index (χ1n) is 6.44. The number of aryl methyl sites for hydroxylation is 1. The molecule has 20 heavy (non-hydrogen) atoms. The molecular weight excluding hydrogens is 321 g/mol. The van der Waals surface area contributed by atoms with Gasteiger partial charge in [-0.2, -0.15) is 0 Å². The summed E-state index contributed by atoms with van der Waals surface area (Å²) in [5.41, 5.74) is 2.63. The van der Waals surface area contributed by atoms with Gasteiger partial charge in [0.25, 0.3) is 0 Å². The molecule has 2 N–H and O–H groups in total. The van der Waals surface area contributed by atoms with Gasteiger partial charge in [-0.05, 0) is 64.7 Å². The van der Waals surface area contributed by atoms with Crippen LogP contribution in [0.1, 0.15) is 29.7 Å². The summed E-state index contributed by atoms with van der Waals surface area (Å²) in [7, 11) is 0. The average Bonchev–Trinajstić information content (AvgIpc) is 2.43. The van der Waals surface area contributed by atoms with Crippen LogP contribution in [-0.4, -0.2) is 5.11 Å². The van der Waals surface area contributed by atoms with Crippen LogP contribution in [0.5, 0.6) is 5.75 Å². The fourth-order valence-electron chi connectivity index (χ4n) is 1.93. The van der Waals surface area contributed by atoms with Crippen LogP contribution in [0.15, 0.2) is 40.9 Å². The number of rotatable bonds is 4. The molecule has 0 heterocycles. The largest absolute Gasteiger partial charge is 0.507 e. The van der Waals surface area contributed by atoms with Crippen LogP contribution in [0.25, 0.3) is 0 Å². The van der Waals surface area contributed by atoms with Crippen molar-refractivity contribution in [1.82, 2.24) is 5.32 Å². The molecular formula is C16H17BrFNO. The third-order valence-corrected chi connectivity index (χ3v) is 3.96. The standard InChI is InChI=1S/C16H17BrFNO/c1-10-3-5-13(8-15(10)18)11(2)19-9-12-4-6-16(20)14(17)7-12/h3-8,11,19-20H,9H2,1-2H3. The number of benzene rings is 2. The fourth-order valence-corrected chi connectivity index (χ4v) is 2.35. The van der Waals surface area contributed by atoms with Gasteiger partial charge in [0.05, 0.1) is 4.47 Å².